The van der Waals surface area contributed by atoms with Crippen molar-refractivity contribution in [1.29, 1.82) is 0 Å². The van der Waals surface area contributed by atoms with Crippen molar-refractivity contribution < 1.29 is 32.4 Å². The Morgan fingerprint density at radius 2 is 1.93 bits per heavy atom. The number of nitro groups is 1. The standard InChI is InChI=1S/C17H15F3N2O5/c1-26-15-5-3-2-4-11(15)10-27-16(23)9-21-13-7-6-12(17(18,19)20)8-14(13)22(24)25/h2-8,21H,9-10H2,1H3. The minimum absolute atomic E-state index is 0.0837. The van der Waals surface area contributed by atoms with Crippen molar-refractivity contribution >= 4 is 17.3 Å². The summed E-state index contributed by atoms with van der Waals surface area (Å²) in [5.41, 5.74) is -1.54. The number of nitrogens with zero attached hydrogens (tertiary/aromatic N) is 1. The Morgan fingerprint density at radius 3 is 2.56 bits per heavy atom. The van der Waals surface area contributed by atoms with Crippen molar-refractivity contribution in [3.63, 3.8) is 0 Å². The fourth-order valence-electron chi connectivity index (χ4n) is 2.21. The zero-order valence-corrected chi connectivity index (χ0v) is 14.1. The van der Waals surface area contributed by atoms with Crippen LogP contribution < -0.4 is 10.1 Å². The molecule has 144 valence electrons. The van der Waals surface area contributed by atoms with E-state index < -0.39 is 34.9 Å². The number of para-hydroxylation sites is 1. The predicted octanol–water partition coefficient (Wildman–Crippen LogP) is 3.78. The van der Waals surface area contributed by atoms with E-state index in [1.165, 1.54) is 7.11 Å². The highest BCUT2D eigenvalue weighted by Crippen LogP contribution is 2.34. The first kappa shape index (κ1) is 20.0. The number of ether oxygens (including phenoxy) is 2. The second-order valence-electron chi connectivity index (χ2n) is 5.31. The fraction of sp³-hybridized carbons (Fsp3) is 0.235. The number of halogens is 3. The second kappa shape index (κ2) is 8.39. The number of anilines is 1. The first-order valence-electron chi connectivity index (χ1n) is 7.59. The Hall–Kier alpha value is -3.30. The van der Waals surface area contributed by atoms with E-state index >= 15 is 0 Å². The maximum Gasteiger partial charge on any atom is 0.416 e. The van der Waals surface area contributed by atoms with Crippen molar-refractivity contribution in [3.05, 3.63) is 63.7 Å². The molecular formula is C17H15F3N2O5. The number of alkyl halides is 3. The van der Waals surface area contributed by atoms with Crippen LogP contribution in [0.4, 0.5) is 24.5 Å². The summed E-state index contributed by atoms with van der Waals surface area (Å²) in [5, 5.41) is 13.4. The van der Waals surface area contributed by atoms with Crippen LogP contribution in [-0.4, -0.2) is 24.5 Å². The largest absolute Gasteiger partial charge is 0.496 e. The summed E-state index contributed by atoms with van der Waals surface area (Å²) in [6, 6.07) is 8.85. The lowest BCUT2D eigenvalue weighted by molar-refractivity contribution is -0.384. The monoisotopic (exact) mass is 384 g/mol. The van der Waals surface area contributed by atoms with Crippen LogP contribution in [0.5, 0.6) is 5.75 Å². The lowest BCUT2D eigenvalue weighted by atomic mass is 10.1. The van der Waals surface area contributed by atoms with Crippen molar-refractivity contribution in [3.8, 4) is 5.75 Å². The number of nitrogens with one attached hydrogen (secondary N) is 1. The minimum Gasteiger partial charge on any atom is -0.496 e. The predicted molar refractivity (Wildman–Crippen MR) is 89.4 cm³/mol. The molecule has 0 aliphatic rings. The number of hydrogen-bond donors (Lipinski definition) is 1. The van der Waals surface area contributed by atoms with Crippen LogP contribution in [0.25, 0.3) is 0 Å². The van der Waals surface area contributed by atoms with Crippen LogP contribution >= 0.6 is 0 Å². The van der Waals surface area contributed by atoms with Crippen LogP contribution in [0.3, 0.4) is 0 Å². The second-order valence-corrected chi connectivity index (χ2v) is 5.31. The molecule has 7 nitrogen and oxygen atoms in total. The van der Waals surface area contributed by atoms with Gasteiger partial charge in [0.2, 0.25) is 0 Å². The molecule has 2 aromatic carbocycles. The molecule has 0 saturated carbocycles. The van der Waals surface area contributed by atoms with Gasteiger partial charge in [0.05, 0.1) is 17.6 Å². The van der Waals surface area contributed by atoms with Gasteiger partial charge >= 0.3 is 12.1 Å². The molecule has 1 N–H and O–H groups in total. The molecule has 0 amide bonds. The number of carbonyl (C=O) groups excluding carboxylic acids is 1. The third-order valence-corrected chi connectivity index (χ3v) is 3.53. The Labute approximate surface area is 151 Å². The fourth-order valence-corrected chi connectivity index (χ4v) is 2.21. The molecule has 10 heteroatoms. The zero-order chi connectivity index (χ0) is 20.0. The zero-order valence-electron chi connectivity index (χ0n) is 14.1. The Morgan fingerprint density at radius 1 is 1.22 bits per heavy atom. The van der Waals surface area contributed by atoms with Gasteiger partial charge in [-0.15, -0.1) is 0 Å². The maximum absolute atomic E-state index is 12.7. The van der Waals surface area contributed by atoms with Gasteiger partial charge < -0.3 is 14.8 Å². The van der Waals surface area contributed by atoms with Crippen LogP contribution in [0, 0.1) is 10.1 Å². The number of methoxy groups -OCH3 is 1. The van der Waals surface area contributed by atoms with E-state index in [0.29, 0.717) is 23.4 Å². The molecule has 0 bridgehead atoms. The summed E-state index contributed by atoms with van der Waals surface area (Å²) in [7, 11) is 1.46. The smallest absolute Gasteiger partial charge is 0.416 e. The summed E-state index contributed by atoms with van der Waals surface area (Å²) in [6.45, 7) is -0.541. The first-order valence-corrected chi connectivity index (χ1v) is 7.59. The summed E-state index contributed by atoms with van der Waals surface area (Å²) in [5.74, 6) is -0.216. The summed E-state index contributed by atoms with van der Waals surface area (Å²) in [6.07, 6.45) is -4.71. The molecule has 0 saturated heterocycles. The molecular weight excluding hydrogens is 369 g/mol. The Balaban J connectivity index is 2.01. The van der Waals surface area contributed by atoms with Gasteiger partial charge in [0.1, 0.15) is 24.6 Å². The van der Waals surface area contributed by atoms with Gasteiger partial charge in [0, 0.05) is 11.6 Å². The molecule has 27 heavy (non-hydrogen) atoms. The lowest BCUT2D eigenvalue weighted by Gasteiger charge is -2.11. The summed E-state index contributed by atoms with van der Waals surface area (Å²) >= 11 is 0. The van der Waals surface area contributed by atoms with E-state index in [0.717, 1.165) is 6.07 Å². The average Bonchev–Trinajstić information content (AvgIpc) is 2.63. The van der Waals surface area contributed by atoms with Gasteiger partial charge in [-0.05, 0) is 18.2 Å². The van der Waals surface area contributed by atoms with Gasteiger partial charge in [-0.2, -0.15) is 13.2 Å². The Kier molecular flexibility index (Phi) is 6.22. The number of hydrogen-bond acceptors (Lipinski definition) is 6. The molecule has 0 fully saturated rings. The maximum atomic E-state index is 12.7. The van der Waals surface area contributed by atoms with Crippen molar-refractivity contribution in [1.82, 2.24) is 0 Å². The minimum atomic E-state index is -4.71. The molecule has 0 heterocycles. The van der Waals surface area contributed by atoms with Gasteiger partial charge in [0.25, 0.3) is 5.69 Å². The van der Waals surface area contributed by atoms with E-state index in [1.54, 1.807) is 24.3 Å². The van der Waals surface area contributed by atoms with Gasteiger partial charge in [-0.1, -0.05) is 18.2 Å². The van der Waals surface area contributed by atoms with Crippen LogP contribution in [0.15, 0.2) is 42.5 Å². The number of esters is 1. The summed E-state index contributed by atoms with van der Waals surface area (Å²) < 4.78 is 48.2. The van der Waals surface area contributed by atoms with Crippen molar-refractivity contribution in [2.24, 2.45) is 0 Å². The molecule has 0 aliphatic heterocycles. The molecule has 0 aliphatic carbocycles. The van der Waals surface area contributed by atoms with Crippen LogP contribution in [0.2, 0.25) is 0 Å². The Bertz CT molecular complexity index is 840. The molecule has 0 spiro atoms. The molecule has 2 aromatic rings. The van der Waals surface area contributed by atoms with Crippen molar-refractivity contribution in [2.45, 2.75) is 12.8 Å². The number of nitro benzene ring substituents is 1. The molecule has 0 unspecified atom stereocenters. The molecule has 2 rings (SSSR count). The average molecular weight is 384 g/mol. The van der Waals surface area contributed by atoms with Crippen LogP contribution in [0.1, 0.15) is 11.1 Å². The quantitative estimate of drug-likeness (QED) is 0.444. The van der Waals surface area contributed by atoms with Gasteiger partial charge in [-0.25, -0.2) is 0 Å². The van der Waals surface area contributed by atoms with Gasteiger partial charge in [0.15, 0.2) is 0 Å². The lowest BCUT2D eigenvalue weighted by Crippen LogP contribution is -2.18. The first-order chi connectivity index (χ1) is 12.7. The van der Waals surface area contributed by atoms with E-state index in [4.69, 9.17) is 9.47 Å². The topological polar surface area (TPSA) is 90.7 Å². The van der Waals surface area contributed by atoms with E-state index in [-0.39, 0.29) is 12.3 Å². The van der Waals surface area contributed by atoms with Gasteiger partial charge in [-0.3, -0.25) is 14.9 Å². The highest BCUT2D eigenvalue weighted by molar-refractivity contribution is 5.77. The third kappa shape index (κ3) is 5.33. The van der Waals surface area contributed by atoms with E-state index in [9.17, 15) is 28.1 Å². The highest BCUT2D eigenvalue weighted by atomic mass is 19.4. The molecule has 0 atom stereocenters. The SMILES string of the molecule is COc1ccccc1COC(=O)CNc1ccc(C(F)(F)F)cc1[N+](=O)[O-]. The number of benzene rings is 2. The highest BCUT2D eigenvalue weighted by Gasteiger charge is 2.33. The molecule has 0 aromatic heterocycles. The normalized spacial score (nSPS) is 11.0. The molecule has 0 radical (unpaired) electrons. The third-order valence-electron chi connectivity index (χ3n) is 3.53. The van der Waals surface area contributed by atoms with Crippen molar-refractivity contribution in [2.75, 3.05) is 19.0 Å². The summed E-state index contributed by atoms with van der Waals surface area (Å²) in [4.78, 5) is 21.9. The number of rotatable bonds is 7. The van der Waals surface area contributed by atoms with Crippen LogP contribution in [-0.2, 0) is 22.3 Å². The van der Waals surface area contributed by atoms with E-state index in [2.05, 4.69) is 5.32 Å². The number of carbonyl (C=O) groups is 1. The van der Waals surface area contributed by atoms with E-state index in [1.807, 2.05) is 0 Å².